The van der Waals surface area contributed by atoms with Gasteiger partial charge in [0.05, 0.1) is 11.5 Å². The van der Waals surface area contributed by atoms with Gasteiger partial charge < -0.3 is 4.98 Å². The van der Waals surface area contributed by atoms with Crippen LogP contribution in [0, 0.1) is 11.3 Å². The summed E-state index contributed by atoms with van der Waals surface area (Å²) in [6.45, 7) is 2.16. The number of nitrogens with one attached hydrogen (secondary N) is 1. The van der Waals surface area contributed by atoms with Gasteiger partial charge in [0.1, 0.15) is 5.82 Å². The van der Waals surface area contributed by atoms with Crippen molar-refractivity contribution < 1.29 is 0 Å². The molecule has 1 unspecified atom stereocenters. The number of H-pyrrole nitrogens is 1. The Hall–Kier alpha value is -2.60. The zero-order valence-electron chi connectivity index (χ0n) is 13.4. The highest BCUT2D eigenvalue weighted by molar-refractivity contribution is 5.87. The Labute approximate surface area is 137 Å². The van der Waals surface area contributed by atoms with E-state index < -0.39 is 5.41 Å². The average molecular weight is 303 g/mol. The molecule has 3 heteroatoms. The molecule has 0 aliphatic rings. The van der Waals surface area contributed by atoms with Gasteiger partial charge in [-0.25, -0.2) is 4.98 Å². The molecule has 0 amide bonds. The van der Waals surface area contributed by atoms with Gasteiger partial charge >= 0.3 is 0 Å². The molecule has 0 spiro atoms. The molecule has 0 aliphatic heterocycles. The van der Waals surface area contributed by atoms with Crippen molar-refractivity contribution >= 4 is 10.8 Å². The molecule has 3 rings (SSSR count). The van der Waals surface area contributed by atoms with E-state index in [1.165, 1.54) is 10.8 Å². The van der Waals surface area contributed by atoms with Crippen LogP contribution in [0.1, 0.15) is 37.6 Å². The number of unbranched alkanes of at least 4 members (excludes halogenated alkanes) is 1. The standard InChI is InChI=1S/C20H21N3/c1-2-3-11-20(15-21,14-19-22-12-13-23-19)18-10-6-8-16-7-4-5-9-17(16)18/h4-10,12-13H,2-3,11,14H2,1H3,(H,22,23). The van der Waals surface area contributed by atoms with E-state index in [0.717, 1.165) is 30.7 Å². The number of fused-ring (bicyclic) bond motifs is 1. The summed E-state index contributed by atoms with van der Waals surface area (Å²) in [7, 11) is 0. The monoisotopic (exact) mass is 303 g/mol. The van der Waals surface area contributed by atoms with E-state index >= 15 is 0 Å². The highest BCUT2D eigenvalue weighted by atomic mass is 14.9. The summed E-state index contributed by atoms with van der Waals surface area (Å²) in [5.41, 5.74) is 0.567. The Kier molecular flexibility index (Phi) is 4.43. The summed E-state index contributed by atoms with van der Waals surface area (Å²) >= 11 is 0. The number of nitriles is 1. The molecular weight excluding hydrogens is 282 g/mol. The topological polar surface area (TPSA) is 52.5 Å². The molecule has 1 atom stereocenters. The Balaban J connectivity index is 2.14. The van der Waals surface area contributed by atoms with Gasteiger partial charge in [-0.15, -0.1) is 0 Å². The molecule has 0 radical (unpaired) electrons. The summed E-state index contributed by atoms with van der Waals surface area (Å²) in [6, 6.07) is 17.2. The third-order valence-corrected chi connectivity index (χ3v) is 4.50. The van der Waals surface area contributed by atoms with Crippen molar-refractivity contribution in [2.45, 2.75) is 38.0 Å². The number of benzene rings is 2. The van der Waals surface area contributed by atoms with Gasteiger partial charge in [-0.1, -0.05) is 62.2 Å². The smallest absolute Gasteiger partial charge is 0.107 e. The van der Waals surface area contributed by atoms with Crippen LogP contribution < -0.4 is 0 Å². The Morgan fingerprint density at radius 3 is 2.74 bits per heavy atom. The molecule has 1 heterocycles. The summed E-state index contributed by atoms with van der Waals surface area (Å²) in [5.74, 6) is 0.871. The van der Waals surface area contributed by atoms with Crippen LogP contribution in [0.2, 0.25) is 0 Å². The van der Waals surface area contributed by atoms with E-state index in [2.05, 4.69) is 53.3 Å². The maximum atomic E-state index is 10.1. The molecule has 1 aromatic heterocycles. The first kappa shape index (κ1) is 15.3. The second-order valence-corrected chi connectivity index (χ2v) is 6.04. The summed E-state index contributed by atoms with van der Waals surface area (Å²) in [6.07, 6.45) is 7.13. The second-order valence-electron chi connectivity index (χ2n) is 6.04. The van der Waals surface area contributed by atoms with Gasteiger partial charge in [0.25, 0.3) is 0 Å². The number of hydrogen-bond donors (Lipinski definition) is 1. The largest absolute Gasteiger partial charge is 0.349 e. The molecule has 23 heavy (non-hydrogen) atoms. The van der Waals surface area contributed by atoms with Crippen LogP contribution in [0.3, 0.4) is 0 Å². The van der Waals surface area contributed by atoms with Crippen molar-refractivity contribution in [3.63, 3.8) is 0 Å². The maximum absolute atomic E-state index is 10.1. The maximum Gasteiger partial charge on any atom is 0.107 e. The lowest BCUT2D eigenvalue weighted by Crippen LogP contribution is -2.28. The van der Waals surface area contributed by atoms with Gasteiger partial charge in [0.15, 0.2) is 0 Å². The molecule has 0 aliphatic carbocycles. The van der Waals surface area contributed by atoms with Gasteiger partial charge in [0, 0.05) is 18.8 Å². The van der Waals surface area contributed by atoms with E-state index in [0.29, 0.717) is 6.42 Å². The Bertz CT molecular complexity index is 809. The number of nitrogens with zero attached hydrogens (tertiary/aromatic N) is 2. The minimum absolute atomic E-state index is 0.547. The van der Waals surface area contributed by atoms with E-state index in [1.54, 1.807) is 6.20 Å². The molecule has 0 saturated heterocycles. The molecule has 0 bridgehead atoms. The van der Waals surface area contributed by atoms with Gasteiger partial charge in [-0.05, 0) is 22.8 Å². The summed E-state index contributed by atoms with van der Waals surface area (Å²) in [4.78, 5) is 7.51. The molecule has 1 N–H and O–H groups in total. The predicted molar refractivity (Wildman–Crippen MR) is 93.1 cm³/mol. The van der Waals surface area contributed by atoms with Gasteiger partial charge in [0.2, 0.25) is 0 Å². The van der Waals surface area contributed by atoms with E-state index in [4.69, 9.17) is 0 Å². The highest BCUT2D eigenvalue weighted by Crippen LogP contribution is 2.37. The fraction of sp³-hybridized carbons (Fsp3) is 0.300. The SMILES string of the molecule is CCCCC(C#N)(Cc1ncc[nH]1)c1cccc2ccccc12. The van der Waals surface area contributed by atoms with E-state index in [9.17, 15) is 5.26 Å². The van der Waals surface area contributed by atoms with Crippen LogP contribution in [0.25, 0.3) is 10.8 Å². The molecule has 0 saturated carbocycles. The number of aromatic amines is 1. The number of rotatable bonds is 6. The number of imidazole rings is 1. The lowest BCUT2D eigenvalue weighted by molar-refractivity contribution is 0.471. The van der Waals surface area contributed by atoms with Crippen molar-refractivity contribution in [1.82, 2.24) is 9.97 Å². The van der Waals surface area contributed by atoms with Crippen LogP contribution in [-0.4, -0.2) is 9.97 Å². The minimum atomic E-state index is -0.547. The van der Waals surface area contributed by atoms with Crippen molar-refractivity contribution in [3.8, 4) is 6.07 Å². The Morgan fingerprint density at radius 1 is 1.17 bits per heavy atom. The zero-order chi connectivity index (χ0) is 16.1. The van der Waals surface area contributed by atoms with Crippen LogP contribution in [0.15, 0.2) is 54.9 Å². The molecule has 3 aromatic rings. The second kappa shape index (κ2) is 6.66. The first-order valence-corrected chi connectivity index (χ1v) is 8.17. The quantitative estimate of drug-likeness (QED) is 0.714. The normalized spacial score (nSPS) is 13.6. The number of aromatic nitrogens is 2. The molecule has 3 nitrogen and oxygen atoms in total. The first-order chi connectivity index (χ1) is 11.3. The molecule has 116 valence electrons. The average Bonchev–Trinajstić information content (AvgIpc) is 3.11. The van der Waals surface area contributed by atoms with Crippen LogP contribution in [0.4, 0.5) is 0 Å². The van der Waals surface area contributed by atoms with Crippen LogP contribution >= 0.6 is 0 Å². The van der Waals surface area contributed by atoms with Gasteiger partial charge in [-0.2, -0.15) is 5.26 Å². The van der Waals surface area contributed by atoms with Crippen molar-refractivity contribution in [3.05, 3.63) is 66.2 Å². The predicted octanol–water partition coefficient (Wildman–Crippen LogP) is 4.76. The lowest BCUT2D eigenvalue weighted by atomic mass is 9.73. The highest BCUT2D eigenvalue weighted by Gasteiger charge is 2.34. The van der Waals surface area contributed by atoms with E-state index in [1.807, 2.05) is 18.3 Å². The molecule has 0 fully saturated rings. The summed E-state index contributed by atoms with van der Waals surface area (Å²) in [5, 5.41) is 12.5. The minimum Gasteiger partial charge on any atom is -0.349 e. The van der Waals surface area contributed by atoms with Crippen LogP contribution in [0.5, 0.6) is 0 Å². The lowest BCUT2D eigenvalue weighted by Gasteiger charge is -2.28. The van der Waals surface area contributed by atoms with Crippen LogP contribution in [-0.2, 0) is 11.8 Å². The third-order valence-electron chi connectivity index (χ3n) is 4.50. The number of hydrogen-bond acceptors (Lipinski definition) is 2. The first-order valence-electron chi connectivity index (χ1n) is 8.17. The molecule has 2 aromatic carbocycles. The summed E-state index contributed by atoms with van der Waals surface area (Å²) < 4.78 is 0. The van der Waals surface area contributed by atoms with Crippen molar-refractivity contribution in [2.75, 3.05) is 0 Å². The molecular formula is C20H21N3. The van der Waals surface area contributed by atoms with Crippen molar-refractivity contribution in [1.29, 1.82) is 5.26 Å². The fourth-order valence-electron chi connectivity index (χ4n) is 3.28. The van der Waals surface area contributed by atoms with E-state index in [-0.39, 0.29) is 0 Å². The Morgan fingerprint density at radius 2 is 2.00 bits per heavy atom. The zero-order valence-corrected chi connectivity index (χ0v) is 13.4. The van der Waals surface area contributed by atoms with Gasteiger partial charge in [-0.3, -0.25) is 0 Å². The third kappa shape index (κ3) is 2.98. The fourth-order valence-corrected chi connectivity index (χ4v) is 3.28. The van der Waals surface area contributed by atoms with Crippen molar-refractivity contribution in [2.24, 2.45) is 0 Å².